The fourth-order valence-corrected chi connectivity index (χ4v) is 3.87. The normalized spacial score (nSPS) is 11.1. The van der Waals surface area contributed by atoms with Crippen LogP contribution < -0.4 is 15.4 Å². The van der Waals surface area contributed by atoms with Crippen LogP contribution in [0.3, 0.4) is 0 Å². The Kier molecular flexibility index (Phi) is 7.13. The number of methoxy groups -OCH3 is 1. The molecule has 0 saturated heterocycles. The van der Waals surface area contributed by atoms with Crippen molar-refractivity contribution in [3.05, 3.63) is 59.7 Å². The Morgan fingerprint density at radius 1 is 1.10 bits per heavy atom. The molecule has 2 N–H and O–H groups in total. The highest BCUT2D eigenvalue weighted by atomic mass is 32.2. The Bertz CT molecular complexity index is 1070. The zero-order valence-electron chi connectivity index (χ0n) is 15.9. The third-order valence-corrected chi connectivity index (χ3v) is 5.75. The van der Waals surface area contributed by atoms with E-state index >= 15 is 0 Å². The van der Waals surface area contributed by atoms with Gasteiger partial charge in [0.2, 0.25) is 11.0 Å². The largest absolute Gasteiger partial charge is 0.497 e. The number of aromatic nitrogens is 2. The van der Waals surface area contributed by atoms with Crippen LogP contribution in [0.2, 0.25) is 0 Å². The van der Waals surface area contributed by atoms with E-state index < -0.39 is 17.6 Å². The summed E-state index contributed by atoms with van der Waals surface area (Å²) in [5.74, 6) is -0.284. The summed E-state index contributed by atoms with van der Waals surface area (Å²) in [6, 6.07) is 10.8. The van der Waals surface area contributed by atoms with Gasteiger partial charge in [0.15, 0.2) is 4.34 Å². The van der Waals surface area contributed by atoms with Crippen molar-refractivity contribution in [2.24, 2.45) is 0 Å². The number of nitrogens with zero attached hydrogens (tertiary/aromatic N) is 2. The van der Waals surface area contributed by atoms with Gasteiger partial charge in [-0.2, -0.15) is 13.2 Å². The molecule has 1 heterocycles. The Balaban J connectivity index is 1.50. The van der Waals surface area contributed by atoms with Gasteiger partial charge in [-0.05, 0) is 42.5 Å². The van der Waals surface area contributed by atoms with Crippen LogP contribution in [0.1, 0.15) is 15.9 Å². The SMILES string of the molecule is COc1cccc(C(=O)Nc2nnc(SCC(=O)Nc3ccc(C(F)(F)F)cc3)s2)c1. The van der Waals surface area contributed by atoms with Crippen molar-refractivity contribution in [1.82, 2.24) is 10.2 Å². The van der Waals surface area contributed by atoms with Gasteiger partial charge in [-0.15, -0.1) is 10.2 Å². The zero-order valence-corrected chi connectivity index (χ0v) is 17.5. The number of thioether (sulfide) groups is 1. The summed E-state index contributed by atoms with van der Waals surface area (Å²) < 4.78 is 43.2. The second kappa shape index (κ2) is 9.79. The van der Waals surface area contributed by atoms with E-state index in [4.69, 9.17) is 4.74 Å². The molecule has 162 valence electrons. The second-order valence-electron chi connectivity index (χ2n) is 5.97. The summed E-state index contributed by atoms with van der Waals surface area (Å²) >= 11 is 2.18. The molecule has 31 heavy (non-hydrogen) atoms. The lowest BCUT2D eigenvalue weighted by molar-refractivity contribution is -0.137. The minimum atomic E-state index is -4.43. The zero-order chi connectivity index (χ0) is 22.4. The predicted octanol–water partition coefficient (Wildman–Crippen LogP) is 4.55. The smallest absolute Gasteiger partial charge is 0.416 e. The monoisotopic (exact) mass is 468 g/mol. The molecule has 0 aliphatic heterocycles. The molecule has 2 aromatic carbocycles. The average Bonchev–Trinajstić information content (AvgIpc) is 3.19. The molecular weight excluding hydrogens is 453 g/mol. The third-order valence-electron chi connectivity index (χ3n) is 3.78. The van der Waals surface area contributed by atoms with Crippen LogP contribution >= 0.6 is 23.1 Å². The average molecular weight is 468 g/mol. The van der Waals surface area contributed by atoms with E-state index in [0.29, 0.717) is 15.7 Å². The fourth-order valence-electron chi connectivity index (χ4n) is 2.32. The van der Waals surface area contributed by atoms with Gasteiger partial charge in [0.25, 0.3) is 5.91 Å². The van der Waals surface area contributed by atoms with Crippen LogP contribution in [-0.4, -0.2) is 34.9 Å². The molecule has 0 atom stereocenters. The van der Waals surface area contributed by atoms with Gasteiger partial charge in [0.1, 0.15) is 5.75 Å². The van der Waals surface area contributed by atoms with E-state index in [0.717, 1.165) is 35.2 Å². The topological polar surface area (TPSA) is 93.2 Å². The standard InChI is InChI=1S/C19H15F3N4O3S2/c1-29-14-4-2-3-11(9-14)16(28)24-17-25-26-18(31-17)30-10-15(27)23-13-7-5-12(6-8-13)19(20,21)22/h2-9H,10H2,1H3,(H,23,27)(H,24,25,28). The molecule has 0 fully saturated rings. The Morgan fingerprint density at radius 2 is 1.84 bits per heavy atom. The van der Waals surface area contributed by atoms with E-state index in [1.54, 1.807) is 24.3 Å². The van der Waals surface area contributed by atoms with Crippen LogP contribution in [0.4, 0.5) is 24.0 Å². The summed E-state index contributed by atoms with van der Waals surface area (Å²) in [6.07, 6.45) is -4.43. The van der Waals surface area contributed by atoms with Crippen molar-refractivity contribution in [1.29, 1.82) is 0 Å². The molecule has 1 aromatic heterocycles. The number of ether oxygens (including phenoxy) is 1. The van der Waals surface area contributed by atoms with E-state index in [9.17, 15) is 22.8 Å². The van der Waals surface area contributed by atoms with Crippen molar-refractivity contribution in [3.8, 4) is 5.75 Å². The van der Waals surface area contributed by atoms with E-state index in [-0.39, 0.29) is 22.5 Å². The van der Waals surface area contributed by atoms with Gasteiger partial charge in [0.05, 0.1) is 18.4 Å². The second-order valence-corrected chi connectivity index (χ2v) is 8.17. The lowest BCUT2D eigenvalue weighted by atomic mass is 10.2. The van der Waals surface area contributed by atoms with E-state index in [1.807, 2.05) is 0 Å². The van der Waals surface area contributed by atoms with Crippen molar-refractivity contribution in [2.75, 3.05) is 23.5 Å². The predicted molar refractivity (Wildman–Crippen MR) is 112 cm³/mol. The summed E-state index contributed by atoms with van der Waals surface area (Å²) in [6.45, 7) is 0. The molecule has 0 saturated carbocycles. The van der Waals surface area contributed by atoms with Crippen molar-refractivity contribution < 1.29 is 27.5 Å². The summed E-state index contributed by atoms with van der Waals surface area (Å²) in [7, 11) is 1.50. The van der Waals surface area contributed by atoms with Crippen LogP contribution in [0.15, 0.2) is 52.9 Å². The molecule has 0 spiro atoms. The highest BCUT2D eigenvalue weighted by molar-refractivity contribution is 8.01. The number of nitrogens with one attached hydrogen (secondary N) is 2. The van der Waals surface area contributed by atoms with E-state index in [2.05, 4.69) is 20.8 Å². The number of carbonyl (C=O) groups is 2. The van der Waals surface area contributed by atoms with Gasteiger partial charge in [0, 0.05) is 11.3 Å². The maximum Gasteiger partial charge on any atom is 0.416 e. The first-order valence-corrected chi connectivity index (χ1v) is 10.4. The molecule has 0 aliphatic carbocycles. The van der Waals surface area contributed by atoms with Crippen molar-refractivity contribution in [2.45, 2.75) is 10.5 Å². The van der Waals surface area contributed by atoms with Crippen LogP contribution in [0.25, 0.3) is 0 Å². The Morgan fingerprint density at radius 3 is 2.52 bits per heavy atom. The molecule has 0 unspecified atom stereocenters. The summed E-state index contributed by atoms with van der Waals surface area (Å²) in [5.41, 5.74) is -0.154. The number of hydrogen-bond donors (Lipinski definition) is 2. The van der Waals surface area contributed by atoms with Crippen molar-refractivity contribution >= 4 is 45.7 Å². The molecule has 3 aromatic rings. The third kappa shape index (κ3) is 6.43. The maximum atomic E-state index is 12.6. The Labute approximate surface area is 183 Å². The number of benzene rings is 2. The first kappa shape index (κ1) is 22.6. The number of carbonyl (C=O) groups excluding carboxylic acids is 2. The van der Waals surface area contributed by atoms with Crippen LogP contribution in [0, 0.1) is 0 Å². The fraction of sp³-hybridized carbons (Fsp3) is 0.158. The van der Waals surface area contributed by atoms with Gasteiger partial charge in [-0.3, -0.25) is 14.9 Å². The molecule has 3 rings (SSSR count). The van der Waals surface area contributed by atoms with Crippen LogP contribution in [0.5, 0.6) is 5.75 Å². The van der Waals surface area contributed by atoms with Gasteiger partial charge in [-0.1, -0.05) is 29.2 Å². The van der Waals surface area contributed by atoms with Gasteiger partial charge >= 0.3 is 6.18 Å². The lowest BCUT2D eigenvalue weighted by Gasteiger charge is -2.08. The molecule has 0 aliphatic rings. The number of amides is 2. The summed E-state index contributed by atoms with van der Waals surface area (Å²) in [4.78, 5) is 24.3. The number of alkyl halides is 3. The van der Waals surface area contributed by atoms with Gasteiger partial charge < -0.3 is 10.1 Å². The number of halogens is 3. The molecule has 0 radical (unpaired) electrons. The quantitative estimate of drug-likeness (QED) is 0.390. The van der Waals surface area contributed by atoms with Gasteiger partial charge in [-0.25, -0.2) is 0 Å². The first-order chi connectivity index (χ1) is 14.7. The highest BCUT2D eigenvalue weighted by Gasteiger charge is 2.30. The first-order valence-electron chi connectivity index (χ1n) is 8.63. The minimum Gasteiger partial charge on any atom is -0.497 e. The number of anilines is 2. The number of hydrogen-bond acceptors (Lipinski definition) is 7. The molecule has 7 nitrogen and oxygen atoms in total. The van der Waals surface area contributed by atoms with Crippen LogP contribution in [-0.2, 0) is 11.0 Å². The highest BCUT2D eigenvalue weighted by Crippen LogP contribution is 2.30. The maximum absolute atomic E-state index is 12.6. The molecule has 0 bridgehead atoms. The van der Waals surface area contributed by atoms with Crippen molar-refractivity contribution in [3.63, 3.8) is 0 Å². The molecule has 12 heteroatoms. The Hall–Kier alpha value is -3.12. The lowest BCUT2D eigenvalue weighted by Crippen LogP contribution is -2.14. The molecule has 2 amide bonds. The van der Waals surface area contributed by atoms with E-state index in [1.165, 1.54) is 19.2 Å². The molecular formula is C19H15F3N4O3S2. The summed E-state index contributed by atoms with van der Waals surface area (Å²) in [5, 5.41) is 13.2. The number of rotatable bonds is 7. The minimum absolute atomic E-state index is 0.0283.